The van der Waals surface area contributed by atoms with E-state index < -0.39 is 29.9 Å². The van der Waals surface area contributed by atoms with Crippen molar-refractivity contribution in [2.24, 2.45) is 11.8 Å². The van der Waals surface area contributed by atoms with E-state index in [2.05, 4.69) is 5.32 Å². The maximum Gasteiger partial charge on any atom is 0.338 e. The van der Waals surface area contributed by atoms with Gasteiger partial charge in [-0.2, -0.15) is 0 Å². The van der Waals surface area contributed by atoms with Crippen LogP contribution in [0.1, 0.15) is 56.5 Å². The van der Waals surface area contributed by atoms with Crippen LogP contribution in [0.15, 0.2) is 48.5 Å². The molecule has 0 aliphatic rings. The summed E-state index contributed by atoms with van der Waals surface area (Å²) in [6.45, 7) is 7.84. The van der Waals surface area contributed by atoms with Gasteiger partial charge < -0.3 is 24.3 Å². The van der Waals surface area contributed by atoms with E-state index in [4.69, 9.17) is 18.9 Å². The highest BCUT2D eigenvalue weighted by atomic mass is 16.6. The molecule has 9 heteroatoms. The first-order valence-electron chi connectivity index (χ1n) is 12.7. The number of methoxy groups -OCH3 is 1. The van der Waals surface area contributed by atoms with E-state index >= 15 is 0 Å². The number of hydrogen-bond donors (Lipinski definition) is 1. The van der Waals surface area contributed by atoms with Gasteiger partial charge in [0.15, 0.2) is 11.5 Å². The van der Waals surface area contributed by atoms with Crippen molar-refractivity contribution in [3.05, 3.63) is 59.7 Å². The fraction of sp³-hybridized carbons (Fsp3) is 0.448. The quantitative estimate of drug-likeness (QED) is 0.220. The fourth-order valence-electron chi connectivity index (χ4n) is 3.49. The summed E-state index contributed by atoms with van der Waals surface area (Å²) in [6, 6.07) is 12.6. The summed E-state index contributed by atoms with van der Waals surface area (Å²) in [6.07, 6.45) is 0.593. The van der Waals surface area contributed by atoms with Gasteiger partial charge in [-0.05, 0) is 48.1 Å². The van der Waals surface area contributed by atoms with Crippen LogP contribution in [0.2, 0.25) is 0 Å². The normalized spacial score (nSPS) is 11.7. The molecule has 1 atom stereocenters. The van der Waals surface area contributed by atoms with Gasteiger partial charge in [-0.25, -0.2) is 4.79 Å². The average Bonchev–Trinajstić information content (AvgIpc) is 2.86. The van der Waals surface area contributed by atoms with Crippen LogP contribution in [-0.2, 0) is 30.3 Å². The Morgan fingerprint density at radius 1 is 0.816 bits per heavy atom. The molecule has 9 nitrogen and oxygen atoms in total. The van der Waals surface area contributed by atoms with Crippen LogP contribution in [0.5, 0.6) is 11.5 Å². The molecule has 0 saturated carbocycles. The first-order chi connectivity index (χ1) is 18.1. The van der Waals surface area contributed by atoms with Gasteiger partial charge in [0.25, 0.3) is 0 Å². The Morgan fingerprint density at radius 3 is 2.00 bits per heavy atom. The number of ether oxygens (including phenoxy) is 4. The Labute approximate surface area is 223 Å². The van der Waals surface area contributed by atoms with E-state index in [0.717, 1.165) is 0 Å². The standard InChI is InChI=1S/C29H37NO8/c1-19(2)15-26(31)37-24-12-11-21(18-25(24)38-27(32)16-20(3)4)17-23(29(34)35-5)30-13-14-36-28(33)22-9-7-6-8-10-22/h6-12,18-20,23,30H,13-17H2,1-5H3/t23-/m0/s1. The summed E-state index contributed by atoms with van der Waals surface area (Å²) in [5, 5.41) is 3.04. The van der Waals surface area contributed by atoms with Crippen molar-refractivity contribution in [2.45, 2.75) is 53.0 Å². The molecule has 0 radical (unpaired) electrons. The van der Waals surface area contributed by atoms with E-state index in [-0.39, 0.29) is 55.7 Å². The summed E-state index contributed by atoms with van der Waals surface area (Å²) >= 11 is 0. The number of nitrogens with one attached hydrogen (secondary N) is 1. The van der Waals surface area contributed by atoms with Gasteiger partial charge in [-0.3, -0.25) is 14.4 Å². The minimum atomic E-state index is -0.760. The lowest BCUT2D eigenvalue weighted by molar-refractivity contribution is -0.143. The van der Waals surface area contributed by atoms with Gasteiger partial charge in [0.2, 0.25) is 0 Å². The van der Waals surface area contributed by atoms with E-state index in [1.807, 2.05) is 27.7 Å². The lowest BCUT2D eigenvalue weighted by Crippen LogP contribution is -2.41. The van der Waals surface area contributed by atoms with Gasteiger partial charge in [-0.15, -0.1) is 0 Å². The Bertz CT molecular complexity index is 1080. The van der Waals surface area contributed by atoms with E-state index in [1.165, 1.54) is 7.11 Å². The van der Waals surface area contributed by atoms with Crippen LogP contribution < -0.4 is 14.8 Å². The first kappa shape index (κ1) is 30.5. The third kappa shape index (κ3) is 10.7. The Kier molecular flexibility index (Phi) is 12.5. The second-order valence-corrected chi connectivity index (χ2v) is 9.66. The zero-order valence-electron chi connectivity index (χ0n) is 22.7. The van der Waals surface area contributed by atoms with Crippen LogP contribution in [-0.4, -0.2) is 50.2 Å². The largest absolute Gasteiger partial charge is 0.468 e. The number of hydrogen-bond acceptors (Lipinski definition) is 9. The number of carbonyl (C=O) groups is 4. The maximum absolute atomic E-state index is 12.4. The topological polar surface area (TPSA) is 117 Å². The van der Waals surface area contributed by atoms with Crippen molar-refractivity contribution in [3.63, 3.8) is 0 Å². The minimum Gasteiger partial charge on any atom is -0.468 e. The molecule has 0 aliphatic carbocycles. The Hall–Kier alpha value is -3.72. The monoisotopic (exact) mass is 527 g/mol. The van der Waals surface area contributed by atoms with Crippen LogP contribution in [0.3, 0.4) is 0 Å². The predicted octanol–water partition coefficient (Wildman–Crippen LogP) is 4.12. The molecule has 2 aromatic carbocycles. The lowest BCUT2D eigenvalue weighted by Gasteiger charge is -2.18. The summed E-state index contributed by atoms with van der Waals surface area (Å²) in [5.74, 6) is -1.44. The van der Waals surface area contributed by atoms with E-state index in [9.17, 15) is 19.2 Å². The zero-order valence-corrected chi connectivity index (χ0v) is 22.7. The predicted molar refractivity (Wildman–Crippen MR) is 141 cm³/mol. The van der Waals surface area contributed by atoms with Crippen LogP contribution in [0.25, 0.3) is 0 Å². The van der Waals surface area contributed by atoms with Gasteiger partial charge in [0, 0.05) is 19.4 Å². The van der Waals surface area contributed by atoms with Gasteiger partial charge in [0.1, 0.15) is 12.6 Å². The molecular formula is C29H37NO8. The number of esters is 4. The molecule has 0 aliphatic heterocycles. The van der Waals surface area contributed by atoms with Crippen LogP contribution in [0, 0.1) is 11.8 Å². The van der Waals surface area contributed by atoms with E-state index in [1.54, 1.807) is 48.5 Å². The second kappa shape index (κ2) is 15.5. The molecule has 0 bridgehead atoms. The summed E-state index contributed by atoms with van der Waals surface area (Å²) in [5.41, 5.74) is 1.08. The van der Waals surface area contributed by atoms with Gasteiger partial charge in [-0.1, -0.05) is 52.0 Å². The maximum atomic E-state index is 12.4. The molecule has 2 rings (SSSR count). The SMILES string of the molecule is COC(=O)[C@H](Cc1ccc(OC(=O)CC(C)C)c(OC(=O)CC(C)C)c1)NCCOC(=O)c1ccccc1. The molecule has 0 aromatic heterocycles. The third-order valence-corrected chi connectivity index (χ3v) is 5.27. The lowest BCUT2D eigenvalue weighted by atomic mass is 10.0. The molecule has 1 N–H and O–H groups in total. The highest BCUT2D eigenvalue weighted by Gasteiger charge is 2.22. The molecular weight excluding hydrogens is 490 g/mol. The highest BCUT2D eigenvalue weighted by Crippen LogP contribution is 2.30. The molecule has 0 saturated heterocycles. The Balaban J connectivity index is 2.11. The molecule has 0 heterocycles. The molecule has 2 aromatic rings. The fourth-order valence-corrected chi connectivity index (χ4v) is 3.49. The second-order valence-electron chi connectivity index (χ2n) is 9.66. The summed E-state index contributed by atoms with van der Waals surface area (Å²) in [4.78, 5) is 49.1. The van der Waals surface area contributed by atoms with Crippen molar-refractivity contribution in [3.8, 4) is 11.5 Å². The summed E-state index contributed by atoms with van der Waals surface area (Å²) < 4.78 is 21.2. The van der Waals surface area contributed by atoms with Crippen molar-refractivity contribution >= 4 is 23.9 Å². The number of carbonyl (C=O) groups excluding carboxylic acids is 4. The number of rotatable bonds is 14. The molecule has 0 amide bonds. The molecule has 206 valence electrons. The molecule has 0 unspecified atom stereocenters. The third-order valence-electron chi connectivity index (χ3n) is 5.27. The van der Waals surface area contributed by atoms with Crippen molar-refractivity contribution in [1.29, 1.82) is 0 Å². The molecule has 38 heavy (non-hydrogen) atoms. The van der Waals surface area contributed by atoms with Gasteiger partial charge >= 0.3 is 23.9 Å². The van der Waals surface area contributed by atoms with Crippen LogP contribution in [0.4, 0.5) is 0 Å². The molecule has 0 fully saturated rings. The van der Waals surface area contributed by atoms with Crippen molar-refractivity contribution in [1.82, 2.24) is 5.32 Å². The van der Waals surface area contributed by atoms with Crippen molar-refractivity contribution < 1.29 is 38.1 Å². The number of benzene rings is 2. The smallest absolute Gasteiger partial charge is 0.338 e. The Morgan fingerprint density at radius 2 is 1.42 bits per heavy atom. The van der Waals surface area contributed by atoms with Crippen molar-refractivity contribution in [2.75, 3.05) is 20.3 Å². The van der Waals surface area contributed by atoms with Crippen LogP contribution >= 0.6 is 0 Å². The summed E-state index contributed by atoms with van der Waals surface area (Å²) in [7, 11) is 1.28. The molecule has 0 spiro atoms. The van der Waals surface area contributed by atoms with Gasteiger partial charge in [0.05, 0.1) is 12.7 Å². The zero-order chi connectivity index (χ0) is 28.1. The van der Waals surface area contributed by atoms with E-state index in [0.29, 0.717) is 11.1 Å². The highest BCUT2D eigenvalue weighted by molar-refractivity contribution is 5.89. The minimum absolute atomic E-state index is 0.0457. The first-order valence-corrected chi connectivity index (χ1v) is 12.7. The average molecular weight is 528 g/mol.